The molecule has 0 saturated carbocycles. The van der Waals surface area contributed by atoms with E-state index in [1.165, 1.54) is 12.3 Å². The third-order valence-corrected chi connectivity index (χ3v) is 12.3. The molecule has 0 bridgehead atoms. The fourth-order valence-electron chi connectivity index (χ4n) is 3.63. The summed E-state index contributed by atoms with van der Waals surface area (Å²) in [7, 11) is -2.65. The molecule has 7 nitrogen and oxygen atoms in total. The third-order valence-electron chi connectivity index (χ3n) is 7.77. The van der Waals surface area contributed by atoms with Crippen molar-refractivity contribution in [2.45, 2.75) is 83.9 Å². The number of halogens is 1. The number of hydrogen-bond acceptors (Lipinski definition) is 6. The normalized spacial score (nSPS) is 18.6. The first-order valence-electron chi connectivity index (χ1n) is 12.3. The molecule has 1 unspecified atom stereocenters. The van der Waals surface area contributed by atoms with Crippen molar-refractivity contribution in [2.24, 2.45) is 0 Å². The smallest absolute Gasteiger partial charge is 0.479 e. The van der Waals surface area contributed by atoms with Gasteiger partial charge in [-0.1, -0.05) is 20.8 Å². The Labute approximate surface area is 214 Å². The summed E-state index contributed by atoms with van der Waals surface area (Å²) in [6.07, 6.45) is 4.26. The van der Waals surface area contributed by atoms with E-state index in [2.05, 4.69) is 43.9 Å². The number of fused-ring (bicyclic) bond motifs is 1. The molecular weight excluding hydrogens is 476 g/mol. The molecule has 1 aliphatic heterocycles. The third kappa shape index (κ3) is 5.23. The number of hydrogen-bond donors (Lipinski definition) is 0. The van der Waals surface area contributed by atoms with E-state index >= 15 is 0 Å². The van der Waals surface area contributed by atoms with Gasteiger partial charge < -0.3 is 18.5 Å². The number of rotatable bonds is 7. The van der Waals surface area contributed by atoms with E-state index in [4.69, 9.17) is 18.5 Å². The fourth-order valence-corrected chi connectivity index (χ4v) is 4.63. The van der Waals surface area contributed by atoms with Gasteiger partial charge in [0.15, 0.2) is 14.4 Å². The number of aromatic nitrogens is 3. The zero-order chi connectivity index (χ0) is 26.5. The minimum atomic E-state index is -2.07. The molecule has 0 N–H and O–H groups in total. The van der Waals surface area contributed by atoms with Gasteiger partial charge in [0.2, 0.25) is 0 Å². The van der Waals surface area contributed by atoms with Crippen molar-refractivity contribution in [1.29, 1.82) is 0 Å². The second-order valence-electron chi connectivity index (χ2n) is 12.0. The second-order valence-corrected chi connectivity index (χ2v) is 16.8. The van der Waals surface area contributed by atoms with Crippen molar-refractivity contribution in [3.05, 3.63) is 54.4 Å². The average molecular weight is 513 g/mol. The lowest BCUT2D eigenvalue weighted by molar-refractivity contribution is 0.00578. The quantitative estimate of drug-likeness (QED) is 0.399. The second kappa shape index (κ2) is 9.24. The predicted octanol–water partition coefficient (Wildman–Crippen LogP) is 5.31. The van der Waals surface area contributed by atoms with Crippen LogP contribution in [0, 0.1) is 5.82 Å². The lowest BCUT2D eigenvalue weighted by Gasteiger charge is -2.37. The van der Waals surface area contributed by atoms with Gasteiger partial charge in [-0.25, -0.2) is 8.91 Å². The standard InChI is InChI=1S/C26H37BFN3O4Si/c1-24(2,3)36(8,9)32-17-23(20-11-10-19(28)15-29-20)33-22-14-18(16-31-21(22)12-13-30-31)27-34-25(4,5)26(6,7)35-27/h10-16,23H,17H2,1-9H3. The van der Waals surface area contributed by atoms with E-state index in [1.54, 1.807) is 16.8 Å². The summed E-state index contributed by atoms with van der Waals surface area (Å²) in [4.78, 5) is 4.31. The Hall–Kier alpha value is -2.27. The molecule has 10 heteroatoms. The van der Waals surface area contributed by atoms with E-state index in [0.717, 1.165) is 11.0 Å². The lowest BCUT2D eigenvalue weighted by atomic mass is 9.80. The Morgan fingerprint density at radius 3 is 2.36 bits per heavy atom. The van der Waals surface area contributed by atoms with Crippen molar-refractivity contribution in [2.75, 3.05) is 6.61 Å². The maximum absolute atomic E-state index is 13.7. The molecule has 0 aromatic carbocycles. The largest absolute Gasteiger partial charge is 0.496 e. The van der Waals surface area contributed by atoms with Crippen LogP contribution in [0.25, 0.3) is 5.52 Å². The Balaban J connectivity index is 1.69. The molecule has 1 fully saturated rings. The van der Waals surface area contributed by atoms with E-state index in [0.29, 0.717) is 11.4 Å². The first-order valence-corrected chi connectivity index (χ1v) is 15.3. The zero-order valence-electron chi connectivity index (χ0n) is 22.8. The van der Waals surface area contributed by atoms with Crippen molar-refractivity contribution in [1.82, 2.24) is 14.6 Å². The highest BCUT2D eigenvalue weighted by molar-refractivity contribution is 6.74. The van der Waals surface area contributed by atoms with E-state index in [-0.39, 0.29) is 11.6 Å². The maximum Gasteiger partial charge on any atom is 0.496 e. The maximum atomic E-state index is 13.7. The molecule has 36 heavy (non-hydrogen) atoms. The van der Waals surface area contributed by atoms with Gasteiger partial charge in [0.25, 0.3) is 0 Å². The fraction of sp³-hybridized carbons (Fsp3) is 0.538. The summed E-state index contributed by atoms with van der Waals surface area (Å²) in [6.45, 7) is 19.3. The molecule has 0 spiro atoms. The first kappa shape index (κ1) is 26.8. The van der Waals surface area contributed by atoms with Gasteiger partial charge in [-0.15, -0.1) is 0 Å². The van der Waals surface area contributed by atoms with Crippen LogP contribution in [0.2, 0.25) is 18.1 Å². The Kier molecular flexibility index (Phi) is 6.87. The SMILES string of the molecule is CC1(C)OB(c2cc(OC(CO[Si](C)(C)C(C)(C)C)c3ccc(F)cn3)c3ccnn3c2)OC1(C)C. The van der Waals surface area contributed by atoms with Gasteiger partial charge in [-0.05, 0) is 70.1 Å². The van der Waals surface area contributed by atoms with Crippen molar-refractivity contribution in [3.63, 3.8) is 0 Å². The van der Waals surface area contributed by atoms with Crippen LogP contribution in [0.1, 0.15) is 60.3 Å². The Morgan fingerprint density at radius 2 is 1.78 bits per heavy atom. The molecule has 1 aliphatic rings. The van der Waals surface area contributed by atoms with Gasteiger partial charge in [0.1, 0.15) is 17.1 Å². The molecule has 1 atom stereocenters. The topological polar surface area (TPSA) is 67.1 Å². The molecule has 4 heterocycles. The molecule has 1 saturated heterocycles. The molecule has 3 aromatic rings. The summed E-state index contributed by atoms with van der Waals surface area (Å²) in [5.41, 5.74) is 1.21. The molecule has 194 valence electrons. The van der Waals surface area contributed by atoms with E-state index < -0.39 is 38.6 Å². The summed E-state index contributed by atoms with van der Waals surface area (Å²) >= 11 is 0. The van der Waals surface area contributed by atoms with Crippen molar-refractivity contribution in [3.8, 4) is 5.75 Å². The van der Waals surface area contributed by atoms with Crippen molar-refractivity contribution < 1.29 is 22.9 Å². The molecular formula is C26H37BFN3O4Si. The van der Waals surface area contributed by atoms with Gasteiger partial charge in [0, 0.05) is 11.7 Å². The number of ether oxygens (including phenoxy) is 1. The van der Waals surface area contributed by atoms with Gasteiger partial charge in [-0.2, -0.15) is 5.10 Å². The van der Waals surface area contributed by atoms with Crippen LogP contribution in [-0.4, -0.2) is 47.8 Å². The number of pyridine rings is 2. The monoisotopic (exact) mass is 513 g/mol. The summed E-state index contributed by atoms with van der Waals surface area (Å²) in [5, 5.41) is 4.46. The summed E-state index contributed by atoms with van der Waals surface area (Å²) in [6, 6.07) is 6.83. The first-order chi connectivity index (χ1) is 16.6. The number of nitrogens with zero attached hydrogens (tertiary/aromatic N) is 3. The van der Waals surface area contributed by atoms with Crippen LogP contribution >= 0.6 is 0 Å². The predicted molar refractivity (Wildman–Crippen MR) is 142 cm³/mol. The molecule has 4 rings (SSSR count). The average Bonchev–Trinajstić information content (AvgIpc) is 3.32. The summed E-state index contributed by atoms with van der Waals surface area (Å²) in [5.74, 6) is 0.193. The highest BCUT2D eigenvalue weighted by Gasteiger charge is 2.52. The van der Waals surface area contributed by atoms with Crippen LogP contribution in [0.5, 0.6) is 5.75 Å². The van der Waals surface area contributed by atoms with Gasteiger partial charge in [-0.3, -0.25) is 4.98 Å². The van der Waals surface area contributed by atoms with Crippen LogP contribution in [0.15, 0.2) is 42.9 Å². The van der Waals surface area contributed by atoms with Crippen LogP contribution in [0.3, 0.4) is 0 Å². The molecule has 0 aliphatic carbocycles. The lowest BCUT2D eigenvalue weighted by Crippen LogP contribution is -2.42. The molecule has 0 amide bonds. The minimum absolute atomic E-state index is 0.0309. The highest BCUT2D eigenvalue weighted by atomic mass is 28.4. The zero-order valence-corrected chi connectivity index (χ0v) is 23.8. The molecule has 0 radical (unpaired) electrons. The minimum Gasteiger partial charge on any atom is -0.479 e. The Bertz CT molecular complexity index is 1210. The van der Waals surface area contributed by atoms with Gasteiger partial charge in [0.05, 0.1) is 35.9 Å². The van der Waals surface area contributed by atoms with E-state index in [1.807, 2.05) is 46.0 Å². The summed E-state index contributed by atoms with van der Waals surface area (Å²) < 4.78 is 41.0. The van der Waals surface area contributed by atoms with E-state index in [9.17, 15) is 4.39 Å². The van der Waals surface area contributed by atoms with Crippen molar-refractivity contribution >= 4 is 26.4 Å². The van der Waals surface area contributed by atoms with Gasteiger partial charge >= 0.3 is 7.12 Å². The van der Waals surface area contributed by atoms with Crippen LogP contribution in [-0.2, 0) is 13.7 Å². The highest BCUT2D eigenvalue weighted by Crippen LogP contribution is 2.39. The Morgan fingerprint density at radius 1 is 1.11 bits per heavy atom. The van der Waals surface area contributed by atoms with Crippen LogP contribution < -0.4 is 10.2 Å². The van der Waals surface area contributed by atoms with Crippen LogP contribution in [0.4, 0.5) is 4.39 Å². The molecule has 3 aromatic heterocycles.